The first kappa shape index (κ1) is 11.7. The Labute approximate surface area is 59.1 Å². The summed E-state index contributed by atoms with van der Waals surface area (Å²) in [7, 11) is 0. The Bertz CT molecular complexity index is 33.5. The van der Waals surface area contributed by atoms with Crippen LogP contribution in [0.4, 0.5) is 0 Å². The monoisotopic (exact) mass is 132 g/mol. The fourth-order valence-electron chi connectivity index (χ4n) is 0.500. The van der Waals surface area contributed by atoms with Crippen molar-refractivity contribution in [2.45, 2.75) is 40.5 Å². The Kier molecular flexibility index (Phi) is 14.1. The molecule has 0 radical (unpaired) electrons. The maximum Gasteiger partial charge on any atom is 0.0431 e. The number of aliphatic hydroxyl groups excluding tert-OH is 1. The van der Waals surface area contributed by atoms with E-state index in [-0.39, 0.29) is 0 Å². The van der Waals surface area contributed by atoms with Crippen LogP contribution in [-0.4, -0.2) is 11.7 Å². The zero-order chi connectivity index (χ0) is 7.70. The highest BCUT2D eigenvalue weighted by atomic mass is 16.2. The maximum atomic E-state index is 8.32. The predicted molar refractivity (Wildman–Crippen MR) is 42.5 cm³/mol. The summed E-state index contributed by atoms with van der Waals surface area (Å²) in [5.74, 6) is 0.743. The lowest BCUT2D eigenvalue weighted by atomic mass is 10.1. The van der Waals surface area contributed by atoms with Crippen molar-refractivity contribution in [3.8, 4) is 0 Å². The van der Waals surface area contributed by atoms with E-state index in [1.54, 1.807) is 0 Å². The fourth-order valence-corrected chi connectivity index (χ4v) is 0.500. The highest BCUT2D eigenvalue weighted by Crippen LogP contribution is 2.00. The molecular formula is C8H20O. The van der Waals surface area contributed by atoms with Gasteiger partial charge >= 0.3 is 0 Å². The van der Waals surface area contributed by atoms with Crippen molar-refractivity contribution >= 4 is 0 Å². The number of hydrogen-bond acceptors (Lipinski definition) is 1. The summed E-state index contributed by atoms with van der Waals surface area (Å²) in [6.07, 6.45) is 2.11. The van der Waals surface area contributed by atoms with E-state index in [4.69, 9.17) is 5.11 Å². The maximum absolute atomic E-state index is 8.32. The minimum atomic E-state index is 0.345. The summed E-state index contributed by atoms with van der Waals surface area (Å²) in [5, 5.41) is 8.32. The zero-order valence-corrected chi connectivity index (χ0v) is 7.15. The third-order valence-corrected chi connectivity index (χ3v) is 0.940. The van der Waals surface area contributed by atoms with Gasteiger partial charge in [-0.1, -0.05) is 27.7 Å². The molecule has 0 aromatic carbocycles. The van der Waals surface area contributed by atoms with Gasteiger partial charge in [0.25, 0.3) is 0 Å². The van der Waals surface area contributed by atoms with E-state index in [2.05, 4.69) is 13.8 Å². The molecule has 0 aromatic heterocycles. The normalized spacial score (nSPS) is 8.67. The molecule has 0 saturated carbocycles. The Morgan fingerprint density at radius 2 is 1.67 bits per heavy atom. The van der Waals surface area contributed by atoms with Crippen molar-refractivity contribution in [3.63, 3.8) is 0 Å². The third-order valence-electron chi connectivity index (χ3n) is 0.940. The fraction of sp³-hybridized carbons (Fsp3) is 1.00. The van der Waals surface area contributed by atoms with Gasteiger partial charge in [-0.3, -0.25) is 0 Å². The minimum absolute atomic E-state index is 0.345. The molecule has 1 heteroatoms. The van der Waals surface area contributed by atoms with E-state index < -0.39 is 0 Å². The first-order valence-electron chi connectivity index (χ1n) is 3.88. The van der Waals surface area contributed by atoms with Crippen LogP contribution >= 0.6 is 0 Å². The lowest BCUT2D eigenvalue weighted by Gasteiger charge is -1.98. The molecule has 0 bridgehead atoms. The molecule has 0 aromatic rings. The molecule has 0 aliphatic carbocycles. The second-order valence-corrected chi connectivity index (χ2v) is 2.26. The van der Waals surface area contributed by atoms with E-state index in [1.807, 2.05) is 13.8 Å². The molecule has 0 amide bonds. The van der Waals surface area contributed by atoms with Crippen LogP contribution in [0.2, 0.25) is 0 Å². The van der Waals surface area contributed by atoms with E-state index in [9.17, 15) is 0 Å². The highest BCUT2D eigenvalue weighted by Gasteiger charge is 1.89. The van der Waals surface area contributed by atoms with Gasteiger partial charge in [-0.15, -0.1) is 0 Å². The Morgan fingerprint density at radius 3 is 1.78 bits per heavy atom. The predicted octanol–water partition coefficient (Wildman–Crippen LogP) is 2.44. The summed E-state index contributed by atoms with van der Waals surface area (Å²) >= 11 is 0. The van der Waals surface area contributed by atoms with Crippen LogP contribution in [0.25, 0.3) is 0 Å². The van der Waals surface area contributed by atoms with Gasteiger partial charge in [0, 0.05) is 6.61 Å². The van der Waals surface area contributed by atoms with Crippen molar-refractivity contribution < 1.29 is 5.11 Å². The largest absolute Gasteiger partial charge is 0.396 e. The van der Waals surface area contributed by atoms with Crippen molar-refractivity contribution in [2.24, 2.45) is 5.92 Å². The molecule has 0 saturated heterocycles. The van der Waals surface area contributed by atoms with Gasteiger partial charge in [-0.2, -0.15) is 0 Å². The van der Waals surface area contributed by atoms with Crippen LogP contribution < -0.4 is 0 Å². The van der Waals surface area contributed by atoms with Gasteiger partial charge in [0.1, 0.15) is 0 Å². The summed E-state index contributed by atoms with van der Waals surface area (Å²) in [4.78, 5) is 0. The molecular weight excluding hydrogens is 112 g/mol. The average molecular weight is 132 g/mol. The average Bonchev–Trinajstić information content (AvgIpc) is 1.88. The molecule has 0 atom stereocenters. The van der Waals surface area contributed by atoms with Crippen LogP contribution in [-0.2, 0) is 0 Å². The smallest absolute Gasteiger partial charge is 0.0431 e. The van der Waals surface area contributed by atoms with Crippen LogP contribution in [0.3, 0.4) is 0 Å². The zero-order valence-electron chi connectivity index (χ0n) is 7.15. The molecule has 0 aliphatic rings. The summed E-state index contributed by atoms with van der Waals surface area (Å²) < 4.78 is 0. The molecule has 1 nitrogen and oxygen atoms in total. The third kappa shape index (κ3) is 18.0. The van der Waals surface area contributed by atoms with E-state index >= 15 is 0 Å². The molecule has 0 fully saturated rings. The highest BCUT2D eigenvalue weighted by molar-refractivity contribution is 4.42. The minimum Gasteiger partial charge on any atom is -0.396 e. The summed E-state index contributed by atoms with van der Waals surface area (Å²) in [6.45, 7) is 8.67. The van der Waals surface area contributed by atoms with Crippen LogP contribution in [0.15, 0.2) is 0 Å². The second kappa shape index (κ2) is 10.9. The Balaban J connectivity index is 0. The van der Waals surface area contributed by atoms with E-state index in [0.29, 0.717) is 6.61 Å². The summed E-state index contributed by atoms with van der Waals surface area (Å²) in [5.41, 5.74) is 0. The van der Waals surface area contributed by atoms with Gasteiger partial charge in [0.15, 0.2) is 0 Å². The topological polar surface area (TPSA) is 20.2 Å². The molecule has 0 unspecified atom stereocenters. The van der Waals surface area contributed by atoms with Gasteiger partial charge in [0.05, 0.1) is 0 Å². The number of hydrogen-bond donors (Lipinski definition) is 1. The summed E-state index contributed by atoms with van der Waals surface area (Å²) in [6, 6.07) is 0. The van der Waals surface area contributed by atoms with Crippen LogP contribution in [0, 0.1) is 5.92 Å². The van der Waals surface area contributed by atoms with Gasteiger partial charge < -0.3 is 5.11 Å². The molecule has 1 N–H and O–H groups in total. The van der Waals surface area contributed by atoms with Crippen molar-refractivity contribution in [1.29, 1.82) is 0 Å². The molecule has 0 heterocycles. The number of aliphatic hydroxyl groups is 1. The molecule has 9 heavy (non-hydrogen) atoms. The van der Waals surface area contributed by atoms with E-state index in [1.165, 1.54) is 0 Å². The first-order valence-corrected chi connectivity index (χ1v) is 3.88. The van der Waals surface area contributed by atoms with Crippen molar-refractivity contribution in [3.05, 3.63) is 0 Å². The Hall–Kier alpha value is -0.0400. The molecule has 58 valence electrons. The molecule has 0 rings (SSSR count). The van der Waals surface area contributed by atoms with E-state index in [0.717, 1.165) is 18.8 Å². The first-order chi connectivity index (χ1) is 4.27. The van der Waals surface area contributed by atoms with Crippen LogP contribution in [0.1, 0.15) is 40.5 Å². The molecule has 0 spiro atoms. The second-order valence-electron chi connectivity index (χ2n) is 2.26. The standard InChI is InChI=1S/C6H14O.C2H6/c1-6(2)4-3-5-7;1-2/h6-7H,3-5H2,1-2H3;1-2H3. The SMILES string of the molecule is CC.CC(C)CCCO. The van der Waals surface area contributed by atoms with Gasteiger partial charge in [-0.25, -0.2) is 0 Å². The van der Waals surface area contributed by atoms with Gasteiger partial charge in [-0.05, 0) is 18.8 Å². The Morgan fingerprint density at radius 1 is 1.22 bits per heavy atom. The quantitative estimate of drug-likeness (QED) is 0.625. The molecule has 0 aliphatic heterocycles. The van der Waals surface area contributed by atoms with Gasteiger partial charge in [0.2, 0.25) is 0 Å². The lowest BCUT2D eigenvalue weighted by molar-refractivity contribution is 0.276. The van der Waals surface area contributed by atoms with Crippen LogP contribution in [0.5, 0.6) is 0 Å². The van der Waals surface area contributed by atoms with Crippen molar-refractivity contribution in [1.82, 2.24) is 0 Å². The van der Waals surface area contributed by atoms with Crippen molar-refractivity contribution in [2.75, 3.05) is 6.61 Å². The number of rotatable bonds is 3. The lowest BCUT2D eigenvalue weighted by Crippen LogP contribution is -1.89.